The Hall–Kier alpha value is 0.440. The van der Waals surface area contributed by atoms with Gasteiger partial charge in [-0.25, -0.2) is 0 Å². The second-order valence-corrected chi connectivity index (χ2v) is 6.93. The van der Waals surface area contributed by atoms with E-state index in [4.69, 9.17) is 51.8 Å². The van der Waals surface area contributed by atoms with Crippen LogP contribution in [0.5, 0.6) is 0 Å². The van der Waals surface area contributed by atoms with Crippen LogP contribution < -0.4 is 0 Å². The molecule has 0 saturated carbocycles. The Kier molecular flexibility index (Phi) is 19.3. The highest BCUT2D eigenvalue weighted by molar-refractivity contribution is 7.30. The van der Waals surface area contributed by atoms with E-state index in [1.54, 1.807) is 0 Å². The topological polar surface area (TPSA) is 105 Å². The van der Waals surface area contributed by atoms with Crippen LogP contribution in [0, 0.1) is 0 Å². The van der Waals surface area contributed by atoms with E-state index in [1.807, 2.05) is 20.8 Å². The first-order valence-corrected chi connectivity index (χ1v) is 11.1. The van der Waals surface area contributed by atoms with Gasteiger partial charge >= 0.3 is 8.25 Å². The molecule has 0 heterocycles. The Balaban J connectivity index is 0. The highest BCUT2D eigenvalue weighted by Gasteiger charge is 2.37. The molecule has 0 amide bonds. The maximum absolute atomic E-state index is 10.5. The van der Waals surface area contributed by atoms with Gasteiger partial charge in [0.25, 0.3) is 5.97 Å². The van der Waals surface area contributed by atoms with Crippen LogP contribution >= 0.6 is 31.5 Å². The molecule has 0 fully saturated rings. The van der Waals surface area contributed by atoms with Crippen molar-refractivity contribution < 1.29 is 33.7 Å². The standard InChI is InChI=1S/C16H32Cl2O4.HO3P/c1-4-11-20-16(21-12-5-2,22-13-6-3)8-7-15(19,14-18)9-10-17;1-4(2)3/h19H,4-14H2,1-3H3;(H-,1,2,3)/p+1. The number of hydrogen-bond acceptors (Lipinski definition) is 5. The lowest BCUT2D eigenvalue weighted by atomic mass is 9.96. The molecule has 0 aromatic rings. The van der Waals surface area contributed by atoms with Crippen LogP contribution in [0.3, 0.4) is 0 Å². The average molecular weight is 440 g/mol. The molecule has 158 valence electrons. The van der Waals surface area contributed by atoms with E-state index < -0.39 is 19.8 Å². The first-order valence-electron chi connectivity index (χ1n) is 8.85. The molecular weight excluding hydrogens is 406 g/mol. The molecule has 0 rings (SSSR count). The number of rotatable bonds is 15. The van der Waals surface area contributed by atoms with Crippen molar-refractivity contribution >= 4 is 31.5 Å². The second kappa shape index (κ2) is 17.5. The molecule has 26 heavy (non-hydrogen) atoms. The van der Waals surface area contributed by atoms with Crippen molar-refractivity contribution in [3.63, 3.8) is 0 Å². The average Bonchev–Trinajstić information content (AvgIpc) is 2.60. The van der Waals surface area contributed by atoms with Gasteiger partial charge in [-0.05, 0) is 32.1 Å². The van der Waals surface area contributed by atoms with E-state index in [0.29, 0.717) is 45.0 Å². The third-order valence-electron chi connectivity index (χ3n) is 3.28. The smallest absolute Gasteiger partial charge is 0.389 e. The highest BCUT2D eigenvalue weighted by atomic mass is 35.5. The number of halogens is 2. The van der Waals surface area contributed by atoms with Gasteiger partial charge < -0.3 is 19.3 Å². The minimum Gasteiger partial charge on any atom is -0.389 e. The number of hydrogen-bond donors (Lipinski definition) is 3. The quantitative estimate of drug-likeness (QED) is 0.201. The summed E-state index contributed by atoms with van der Waals surface area (Å²) in [5, 5.41) is 10.5. The minimum absolute atomic E-state index is 0.130. The van der Waals surface area contributed by atoms with Crippen molar-refractivity contribution in [2.45, 2.75) is 70.9 Å². The maximum atomic E-state index is 10.5. The molecule has 0 saturated heterocycles. The van der Waals surface area contributed by atoms with Crippen molar-refractivity contribution in [2.75, 3.05) is 31.6 Å². The van der Waals surface area contributed by atoms with Gasteiger partial charge in [0.05, 0.1) is 31.3 Å². The molecule has 0 aliphatic carbocycles. The lowest BCUT2D eigenvalue weighted by Gasteiger charge is -2.36. The molecule has 7 nitrogen and oxygen atoms in total. The van der Waals surface area contributed by atoms with Gasteiger partial charge in [-0.15, -0.1) is 33.0 Å². The second-order valence-electron chi connectivity index (χ2n) is 5.78. The van der Waals surface area contributed by atoms with Crippen LogP contribution in [0.25, 0.3) is 0 Å². The largest absolute Gasteiger partial charge is 0.692 e. The van der Waals surface area contributed by atoms with E-state index in [-0.39, 0.29) is 5.88 Å². The van der Waals surface area contributed by atoms with Gasteiger partial charge in [0, 0.05) is 16.9 Å². The number of aliphatic hydroxyl groups is 1. The van der Waals surface area contributed by atoms with E-state index in [1.165, 1.54) is 0 Å². The third-order valence-corrected chi connectivity index (χ3v) is 3.97. The molecular formula is C16H34Cl2O7P+. The van der Waals surface area contributed by atoms with Crippen LogP contribution in [0.15, 0.2) is 0 Å². The predicted octanol–water partition coefficient (Wildman–Crippen LogP) is 3.93. The van der Waals surface area contributed by atoms with E-state index in [0.717, 1.165) is 19.3 Å². The molecule has 10 heteroatoms. The van der Waals surface area contributed by atoms with Crippen molar-refractivity contribution in [1.29, 1.82) is 0 Å². The van der Waals surface area contributed by atoms with Gasteiger partial charge in [-0.2, -0.15) is 0 Å². The number of alkyl halides is 2. The maximum Gasteiger partial charge on any atom is 0.692 e. The Morgan fingerprint density at radius 3 is 1.50 bits per heavy atom. The monoisotopic (exact) mass is 439 g/mol. The van der Waals surface area contributed by atoms with Crippen molar-refractivity contribution in [2.24, 2.45) is 0 Å². The summed E-state index contributed by atoms with van der Waals surface area (Å²) in [6.07, 6.45) is 3.88. The van der Waals surface area contributed by atoms with Gasteiger partial charge in [-0.1, -0.05) is 20.8 Å². The molecule has 0 spiro atoms. The summed E-state index contributed by atoms with van der Waals surface area (Å²) in [5.74, 6) is -0.614. The number of ether oxygens (including phenoxy) is 3. The fourth-order valence-electron chi connectivity index (χ4n) is 1.93. The van der Waals surface area contributed by atoms with Crippen molar-refractivity contribution in [3.05, 3.63) is 0 Å². The lowest BCUT2D eigenvalue weighted by molar-refractivity contribution is -0.385. The first kappa shape index (κ1) is 28.6. The highest BCUT2D eigenvalue weighted by Crippen LogP contribution is 2.29. The van der Waals surface area contributed by atoms with E-state index in [2.05, 4.69) is 0 Å². The van der Waals surface area contributed by atoms with Crippen LogP contribution in [0.1, 0.15) is 59.3 Å². The SMILES string of the molecule is CCCOC(CCC(O)(CCl)CCCl)(OCCC)OCCC.O=[P+](O)O. The van der Waals surface area contributed by atoms with E-state index in [9.17, 15) is 5.11 Å². The van der Waals surface area contributed by atoms with E-state index >= 15 is 0 Å². The summed E-state index contributed by atoms with van der Waals surface area (Å²) in [5.41, 5.74) is -1.02. The zero-order valence-corrected chi connectivity index (χ0v) is 18.4. The fraction of sp³-hybridized carbons (Fsp3) is 1.00. The summed E-state index contributed by atoms with van der Waals surface area (Å²) < 4.78 is 26.3. The summed E-state index contributed by atoms with van der Waals surface area (Å²) in [7, 11) is -2.87. The van der Waals surface area contributed by atoms with Crippen molar-refractivity contribution in [1.82, 2.24) is 0 Å². The predicted molar refractivity (Wildman–Crippen MR) is 104 cm³/mol. The zero-order chi connectivity index (χ0) is 20.5. The van der Waals surface area contributed by atoms with Crippen LogP contribution in [-0.4, -0.2) is 58.0 Å². The third kappa shape index (κ3) is 15.5. The van der Waals surface area contributed by atoms with Crippen LogP contribution in [0.4, 0.5) is 0 Å². The molecule has 0 bridgehead atoms. The Labute approximate surface area is 167 Å². The normalized spacial score (nSPS) is 13.7. The molecule has 0 aliphatic rings. The van der Waals surface area contributed by atoms with Crippen LogP contribution in [-0.2, 0) is 18.8 Å². The minimum atomic E-state index is -2.87. The fourth-order valence-corrected chi connectivity index (χ4v) is 2.55. The van der Waals surface area contributed by atoms with Gasteiger partial charge in [0.2, 0.25) is 0 Å². The summed E-state index contributed by atoms with van der Waals surface area (Å²) in [6, 6.07) is 0. The molecule has 0 radical (unpaired) electrons. The molecule has 1 atom stereocenters. The summed E-state index contributed by atoms with van der Waals surface area (Å²) >= 11 is 11.7. The Bertz CT molecular complexity index is 325. The Morgan fingerprint density at radius 2 is 1.23 bits per heavy atom. The van der Waals surface area contributed by atoms with Crippen molar-refractivity contribution in [3.8, 4) is 0 Å². The molecule has 3 N–H and O–H groups in total. The summed E-state index contributed by atoms with van der Waals surface area (Å²) in [4.78, 5) is 14.2. The van der Waals surface area contributed by atoms with Crippen LogP contribution in [0.2, 0.25) is 0 Å². The molecule has 1 unspecified atom stereocenters. The lowest BCUT2D eigenvalue weighted by Crippen LogP contribution is -2.43. The summed E-state index contributed by atoms with van der Waals surface area (Å²) in [6.45, 7) is 7.74. The van der Waals surface area contributed by atoms with Gasteiger partial charge in [-0.3, -0.25) is 0 Å². The Morgan fingerprint density at radius 1 is 0.846 bits per heavy atom. The molecule has 0 aromatic carbocycles. The molecule has 0 aromatic heterocycles. The zero-order valence-electron chi connectivity index (χ0n) is 16.0. The van der Waals surface area contributed by atoms with Gasteiger partial charge in [0.15, 0.2) is 0 Å². The molecule has 0 aliphatic heterocycles. The van der Waals surface area contributed by atoms with Gasteiger partial charge in [0.1, 0.15) is 0 Å². The first-order chi connectivity index (χ1) is 12.2.